The van der Waals surface area contributed by atoms with Gasteiger partial charge in [0.25, 0.3) is 0 Å². The zero-order chi connectivity index (χ0) is 24.1. The number of amides is 1. The van der Waals surface area contributed by atoms with Crippen LogP contribution in [0.1, 0.15) is 29.5 Å². The second-order valence-electron chi connectivity index (χ2n) is 8.45. The highest BCUT2D eigenvalue weighted by molar-refractivity contribution is 7.89. The van der Waals surface area contributed by atoms with E-state index in [0.29, 0.717) is 25.9 Å². The van der Waals surface area contributed by atoms with E-state index in [1.807, 2.05) is 48.2 Å². The Morgan fingerprint density at radius 1 is 1.06 bits per heavy atom. The van der Waals surface area contributed by atoms with Gasteiger partial charge in [-0.15, -0.1) is 0 Å². The molecule has 1 fully saturated rings. The molecule has 0 atom stereocenters. The van der Waals surface area contributed by atoms with Gasteiger partial charge in [-0.2, -0.15) is 4.31 Å². The van der Waals surface area contributed by atoms with Gasteiger partial charge in [0.15, 0.2) is 0 Å². The lowest BCUT2D eigenvalue weighted by Crippen LogP contribution is -2.44. The quantitative estimate of drug-likeness (QED) is 0.458. The van der Waals surface area contributed by atoms with Crippen molar-refractivity contribution in [1.29, 1.82) is 0 Å². The summed E-state index contributed by atoms with van der Waals surface area (Å²) in [5.74, 6) is -0.222. The predicted molar refractivity (Wildman–Crippen MR) is 130 cm³/mol. The zero-order valence-corrected chi connectivity index (χ0v) is 20.5. The average molecular weight is 499 g/mol. The highest BCUT2D eigenvalue weighted by Gasteiger charge is 2.35. The highest BCUT2D eigenvalue weighted by Crippen LogP contribution is 2.28. The molecule has 3 heterocycles. The average Bonchev–Trinajstić information content (AvgIpc) is 2.85. The molecular formula is C25H27ClN4O3S. The van der Waals surface area contributed by atoms with Crippen molar-refractivity contribution in [2.75, 3.05) is 13.1 Å². The molecule has 1 aliphatic rings. The van der Waals surface area contributed by atoms with E-state index >= 15 is 0 Å². The zero-order valence-electron chi connectivity index (χ0n) is 19.0. The van der Waals surface area contributed by atoms with Crippen LogP contribution in [0.4, 0.5) is 0 Å². The molecule has 0 bridgehead atoms. The second kappa shape index (κ2) is 10.6. The van der Waals surface area contributed by atoms with Crippen molar-refractivity contribution in [2.24, 2.45) is 5.92 Å². The topological polar surface area (TPSA) is 83.5 Å². The smallest absolute Gasteiger partial charge is 0.246 e. The maximum absolute atomic E-state index is 13.6. The van der Waals surface area contributed by atoms with E-state index in [2.05, 4.69) is 9.97 Å². The van der Waals surface area contributed by atoms with Gasteiger partial charge in [-0.05, 0) is 54.7 Å². The van der Waals surface area contributed by atoms with Gasteiger partial charge in [-0.25, -0.2) is 13.4 Å². The van der Waals surface area contributed by atoms with Crippen molar-refractivity contribution in [2.45, 2.75) is 37.8 Å². The molecule has 1 amide bonds. The van der Waals surface area contributed by atoms with Crippen LogP contribution in [0, 0.1) is 12.8 Å². The number of aromatic nitrogens is 2. The van der Waals surface area contributed by atoms with E-state index in [4.69, 9.17) is 11.6 Å². The first kappa shape index (κ1) is 24.3. The number of benzene rings is 1. The number of piperidine rings is 1. The monoisotopic (exact) mass is 498 g/mol. The third kappa shape index (κ3) is 5.46. The Balaban J connectivity index is 1.49. The number of hydrogen-bond donors (Lipinski definition) is 0. The molecule has 0 unspecified atom stereocenters. The molecule has 4 rings (SSSR count). The van der Waals surface area contributed by atoms with Crippen LogP contribution in [-0.2, 0) is 27.9 Å². The van der Waals surface area contributed by atoms with Gasteiger partial charge < -0.3 is 4.90 Å². The fourth-order valence-electron chi connectivity index (χ4n) is 4.22. The van der Waals surface area contributed by atoms with E-state index in [0.717, 1.165) is 16.7 Å². The Morgan fingerprint density at radius 2 is 1.79 bits per heavy atom. The van der Waals surface area contributed by atoms with Gasteiger partial charge in [-0.1, -0.05) is 41.9 Å². The second-order valence-corrected chi connectivity index (χ2v) is 10.7. The van der Waals surface area contributed by atoms with E-state index in [1.165, 1.54) is 16.6 Å². The molecule has 178 valence electrons. The Kier molecular flexibility index (Phi) is 7.60. The number of rotatable bonds is 7. The highest BCUT2D eigenvalue weighted by atomic mass is 35.5. The fourth-order valence-corrected chi connectivity index (χ4v) is 6.12. The van der Waals surface area contributed by atoms with Gasteiger partial charge in [0.2, 0.25) is 15.9 Å². The van der Waals surface area contributed by atoms with Gasteiger partial charge in [0.1, 0.15) is 10.0 Å². The maximum atomic E-state index is 13.6. The molecule has 1 aromatic carbocycles. The normalized spacial score (nSPS) is 15.2. The van der Waals surface area contributed by atoms with E-state index in [9.17, 15) is 13.2 Å². The van der Waals surface area contributed by atoms with Gasteiger partial charge in [0.05, 0.1) is 0 Å². The number of carbonyl (C=O) groups is 1. The lowest BCUT2D eigenvalue weighted by Gasteiger charge is -2.34. The molecule has 9 heteroatoms. The van der Waals surface area contributed by atoms with Gasteiger partial charge >= 0.3 is 0 Å². The standard InChI is InChI=1S/C25H27ClN4O3S/c1-19-6-2-3-8-22(19)18-29(17-20-7-4-12-27-16-20)25(31)21-10-14-30(15-11-21)34(32,33)23-9-5-13-28-24(23)26/h2-9,12-13,16,21H,10-11,14-15,17-18H2,1H3. The number of carbonyl (C=O) groups excluding carboxylic acids is 1. The van der Waals surface area contributed by atoms with E-state index in [-0.39, 0.29) is 35.0 Å². The molecular weight excluding hydrogens is 472 g/mol. The van der Waals surface area contributed by atoms with Crippen molar-refractivity contribution in [3.05, 3.63) is 89.0 Å². The molecule has 0 N–H and O–H groups in total. The minimum absolute atomic E-state index is 0.000741. The number of aryl methyl sites for hydroxylation is 1. The number of sulfonamides is 1. The number of hydrogen-bond acceptors (Lipinski definition) is 5. The first-order chi connectivity index (χ1) is 16.4. The molecule has 7 nitrogen and oxygen atoms in total. The molecule has 0 spiro atoms. The van der Waals surface area contributed by atoms with Crippen molar-refractivity contribution in [3.8, 4) is 0 Å². The summed E-state index contributed by atoms with van der Waals surface area (Å²) in [5, 5.41) is -0.0402. The van der Waals surface area contributed by atoms with Crippen LogP contribution >= 0.6 is 11.6 Å². The summed E-state index contributed by atoms with van der Waals surface area (Å²) in [5.41, 5.74) is 3.17. The summed E-state index contributed by atoms with van der Waals surface area (Å²) in [7, 11) is -3.76. The van der Waals surface area contributed by atoms with E-state index in [1.54, 1.807) is 18.5 Å². The van der Waals surface area contributed by atoms with Crippen molar-refractivity contribution in [1.82, 2.24) is 19.2 Å². The molecule has 0 aliphatic carbocycles. The lowest BCUT2D eigenvalue weighted by atomic mass is 9.95. The Morgan fingerprint density at radius 3 is 2.47 bits per heavy atom. The van der Waals surface area contributed by atoms with Crippen LogP contribution in [0.5, 0.6) is 0 Å². The third-order valence-electron chi connectivity index (χ3n) is 6.18. The lowest BCUT2D eigenvalue weighted by molar-refractivity contribution is -0.138. The van der Waals surface area contributed by atoms with Crippen molar-refractivity contribution in [3.63, 3.8) is 0 Å². The van der Waals surface area contributed by atoms with Gasteiger partial charge in [0, 0.05) is 50.7 Å². The SMILES string of the molecule is Cc1ccccc1CN(Cc1cccnc1)C(=O)C1CCN(S(=O)(=O)c2cccnc2Cl)CC1. The summed E-state index contributed by atoms with van der Waals surface area (Å²) in [6, 6.07) is 14.9. The number of nitrogens with zero attached hydrogens (tertiary/aromatic N) is 4. The minimum atomic E-state index is -3.76. The van der Waals surface area contributed by atoms with Crippen LogP contribution in [0.15, 0.2) is 72.0 Å². The van der Waals surface area contributed by atoms with Crippen LogP contribution in [0.2, 0.25) is 5.15 Å². The molecule has 1 aliphatic heterocycles. The van der Waals surface area contributed by atoms with Crippen LogP contribution in [-0.4, -0.2) is 46.6 Å². The Labute approximate surface area is 205 Å². The maximum Gasteiger partial charge on any atom is 0.246 e. The Hall–Kier alpha value is -2.81. The van der Waals surface area contributed by atoms with Crippen molar-refractivity contribution >= 4 is 27.5 Å². The summed E-state index contributed by atoms with van der Waals surface area (Å²) in [4.78, 5) is 23.5. The van der Waals surface area contributed by atoms with Crippen LogP contribution < -0.4 is 0 Å². The van der Waals surface area contributed by atoms with Gasteiger partial charge in [-0.3, -0.25) is 9.78 Å². The summed E-state index contributed by atoms with van der Waals surface area (Å²) in [6.45, 7) is 3.49. The Bertz CT molecular complexity index is 1250. The molecule has 0 saturated carbocycles. The summed E-state index contributed by atoms with van der Waals surface area (Å²) in [6.07, 6.45) is 5.84. The molecule has 34 heavy (non-hydrogen) atoms. The summed E-state index contributed by atoms with van der Waals surface area (Å²) < 4.78 is 27.5. The van der Waals surface area contributed by atoms with Crippen molar-refractivity contribution < 1.29 is 13.2 Å². The largest absolute Gasteiger partial charge is 0.334 e. The fraction of sp³-hybridized carbons (Fsp3) is 0.320. The minimum Gasteiger partial charge on any atom is -0.334 e. The van der Waals surface area contributed by atoms with Crippen LogP contribution in [0.3, 0.4) is 0 Å². The third-order valence-corrected chi connectivity index (χ3v) is 8.52. The van der Waals surface area contributed by atoms with Crippen LogP contribution in [0.25, 0.3) is 0 Å². The molecule has 1 saturated heterocycles. The predicted octanol–water partition coefficient (Wildman–Crippen LogP) is 4.07. The molecule has 0 radical (unpaired) electrons. The molecule has 2 aromatic heterocycles. The number of pyridine rings is 2. The molecule has 3 aromatic rings. The first-order valence-electron chi connectivity index (χ1n) is 11.2. The van der Waals surface area contributed by atoms with E-state index < -0.39 is 10.0 Å². The first-order valence-corrected chi connectivity index (χ1v) is 13.0. The number of halogens is 1. The summed E-state index contributed by atoms with van der Waals surface area (Å²) >= 11 is 6.03.